The first-order chi connectivity index (χ1) is 11.7. The van der Waals surface area contributed by atoms with Crippen LogP contribution in [0.3, 0.4) is 0 Å². The second kappa shape index (κ2) is 6.39. The molecule has 3 atom stereocenters. The molecule has 4 rings (SSSR count). The minimum absolute atomic E-state index is 0.0335. The molecule has 0 aliphatic heterocycles. The lowest BCUT2D eigenvalue weighted by Gasteiger charge is -2.21. The molecule has 24 heavy (non-hydrogen) atoms. The Hall–Kier alpha value is -2.16. The maximum absolute atomic E-state index is 12.3. The maximum Gasteiger partial charge on any atom is 0.244 e. The number of rotatable bonds is 4. The number of carbonyl (C=O) groups is 1. The van der Waals surface area contributed by atoms with Crippen molar-refractivity contribution in [3.8, 4) is 0 Å². The Labute approximate surface area is 143 Å². The lowest BCUT2D eigenvalue weighted by atomic mass is 9.86. The van der Waals surface area contributed by atoms with Gasteiger partial charge in [-0.1, -0.05) is 48.9 Å². The Kier molecular flexibility index (Phi) is 4.09. The Morgan fingerprint density at radius 1 is 1.12 bits per heavy atom. The van der Waals surface area contributed by atoms with Crippen LogP contribution < -0.4 is 5.43 Å². The molecule has 1 amide bonds. The minimum atomic E-state index is -0.0335. The molecule has 2 saturated carbocycles. The fourth-order valence-electron chi connectivity index (χ4n) is 4.65. The number of nitrogens with zero attached hydrogens (tertiary/aromatic N) is 1. The summed E-state index contributed by atoms with van der Waals surface area (Å²) >= 11 is 0. The third kappa shape index (κ3) is 2.95. The van der Waals surface area contributed by atoms with Gasteiger partial charge in [0.25, 0.3) is 0 Å². The van der Waals surface area contributed by atoms with E-state index in [1.807, 2.05) is 24.3 Å². The summed E-state index contributed by atoms with van der Waals surface area (Å²) in [5.74, 6) is 2.25. The summed E-state index contributed by atoms with van der Waals surface area (Å²) < 4.78 is 0. The molecule has 0 saturated heterocycles. The molecule has 1 N–H and O–H groups in total. The number of benzene rings is 2. The van der Waals surface area contributed by atoms with Crippen LogP contribution in [0.1, 0.15) is 38.2 Å². The fraction of sp³-hybridized carbons (Fsp3) is 0.429. The van der Waals surface area contributed by atoms with Crippen LogP contribution in [-0.4, -0.2) is 11.6 Å². The number of hydrogen-bond donors (Lipinski definition) is 1. The third-order valence-corrected chi connectivity index (χ3v) is 5.86. The van der Waals surface area contributed by atoms with E-state index in [0.29, 0.717) is 12.3 Å². The van der Waals surface area contributed by atoms with Gasteiger partial charge in [-0.05, 0) is 54.4 Å². The minimum Gasteiger partial charge on any atom is -0.273 e. The van der Waals surface area contributed by atoms with Crippen molar-refractivity contribution in [1.82, 2.24) is 5.43 Å². The first kappa shape index (κ1) is 15.4. The van der Waals surface area contributed by atoms with Crippen LogP contribution in [0.4, 0.5) is 0 Å². The highest BCUT2D eigenvalue weighted by atomic mass is 16.2. The molecular weight excluding hydrogens is 296 g/mol. The molecule has 0 heterocycles. The van der Waals surface area contributed by atoms with Gasteiger partial charge in [-0.2, -0.15) is 5.10 Å². The standard InChI is InChI=1S/C21H24N2O/c1-14(20-12-15-9-10-18(20)11-15)22-23-21(24)13-17-7-4-6-16-5-2-3-8-19(16)17/h2-8,15,18,20H,9-13H2,1H3,(H,23,24)/b22-14+/t15-,18+,20-/m0/s1. The van der Waals surface area contributed by atoms with Crippen LogP contribution >= 0.6 is 0 Å². The molecule has 0 spiro atoms. The molecule has 0 unspecified atom stereocenters. The summed E-state index contributed by atoms with van der Waals surface area (Å²) in [6.07, 6.45) is 5.73. The molecule has 2 aliphatic carbocycles. The monoisotopic (exact) mass is 320 g/mol. The van der Waals surface area contributed by atoms with Gasteiger partial charge >= 0.3 is 0 Å². The lowest BCUT2D eigenvalue weighted by molar-refractivity contribution is -0.120. The molecule has 2 aromatic carbocycles. The molecule has 2 fully saturated rings. The maximum atomic E-state index is 12.3. The van der Waals surface area contributed by atoms with Crippen LogP contribution in [0, 0.1) is 17.8 Å². The van der Waals surface area contributed by atoms with Gasteiger partial charge in [0.05, 0.1) is 6.42 Å². The van der Waals surface area contributed by atoms with Crippen molar-refractivity contribution in [2.75, 3.05) is 0 Å². The van der Waals surface area contributed by atoms with Gasteiger partial charge in [0, 0.05) is 11.6 Å². The summed E-state index contributed by atoms with van der Waals surface area (Å²) in [4.78, 5) is 12.3. The average molecular weight is 320 g/mol. The van der Waals surface area contributed by atoms with E-state index in [2.05, 4.69) is 35.7 Å². The van der Waals surface area contributed by atoms with Crippen molar-refractivity contribution < 1.29 is 4.79 Å². The van der Waals surface area contributed by atoms with Crippen molar-refractivity contribution in [2.24, 2.45) is 22.9 Å². The smallest absolute Gasteiger partial charge is 0.244 e. The van der Waals surface area contributed by atoms with Crippen molar-refractivity contribution in [3.63, 3.8) is 0 Å². The number of carbonyl (C=O) groups excluding carboxylic acids is 1. The van der Waals surface area contributed by atoms with Crippen LogP contribution in [0.5, 0.6) is 0 Å². The van der Waals surface area contributed by atoms with Gasteiger partial charge in [0.1, 0.15) is 0 Å². The van der Waals surface area contributed by atoms with Crippen LogP contribution in [0.25, 0.3) is 10.8 Å². The van der Waals surface area contributed by atoms with Crippen molar-refractivity contribution >= 4 is 22.4 Å². The average Bonchev–Trinajstić information content (AvgIpc) is 3.23. The largest absolute Gasteiger partial charge is 0.273 e. The Bertz CT molecular complexity index is 790. The van der Waals surface area contributed by atoms with E-state index in [1.165, 1.54) is 31.1 Å². The van der Waals surface area contributed by atoms with E-state index < -0.39 is 0 Å². The van der Waals surface area contributed by atoms with Gasteiger partial charge in [-0.25, -0.2) is 5.43 Å². The Morgan fingerprint density at radius 3 is 2.75 bits per heavy atom. The van der Waals surface area contributed by atoms with Crippen LogP contribution in [0.2, 0.25) is 0 Å². The second-order valence-electron chi connectivity index (χ2n) is 7.38. The first-order valence-electron chi connectivity index (χ1n) is 9.00. The highest BCUT2D eigenvalue weighted by Gasteiger charge is 2.40. The lowest BCUT2D eigenvalue weighted by Crippen LogP contribution is -2.25. The van der Waals surface area contributed by atoms with Gasteiger partial charge in [0.15, 0.2) is 0 Å². The van der Waals surface area contributed by atoms with E-state index in [4.69, 9.17) is 0 Å². The quantitative estimate of drug-likeness (QED) is 0.662. The van der Waals surface area contributed by atoms with Gasteiger partial charge < -0.3 is 0 Å². The topological polar surface area (TPSA) is 41.5 Å². The van der Waals surface area contributed by atoms with Gasteiger partial charge in [0.2, 0.25) is 5.91 Å². The highest BCUT2D eigenvalue weighted by molar-refractivity contribution is 5.91. The molecular formula is C21H24N2O. The zero-order valence-corrected chi connectivity index (χ0v) is 14.2. The summed E-state index contributed by atoms with van der Waals surface area (Å²) in [5.41, 5.74) is 4.94. The van der Waals surface area contributed by atoms with Crippen LogP contribution in [0.15, 0.2) is 47.6 Å². The SMILES string of the molecule is C/C(=N\NC(=O)Cc1cccc2ccccc12)[C@@H]1C[C@H]2CC[C@@H]1C2. The van der Waals surface area contributed by atoms with E-state index in [1.54, 1.807) is 0 Å². The number of fused-ring (bicyclic) bond motifs is 3. The van der Waals surface area contributed by atoms with Crippen molar-refractivity contribution in [1.29, 1.82) is 0 Å². The molecule has 3 nitrogen and oxygen atoms in total. The molecule has 0 aromatic heterocycles. The zero-order valence-electron chi connectivity index (χ0n) is 14.2. The first-order valence-corrected chi connectivity index (χ1v) is 9.00. The molecule has 3 heteroatoms. The number of nitrogens with one attached hydrogen (secondary N) is 1. The summed E-state index contributed by atoms with van der Waals surface area (Å²) in [5, 5.41) is 6.73. The summed E-state index contributed by atoms with van der Waals surface area (Å²) in [6, 6.07) is 14.3. The molecule has 0 radical (unpaired) electrons. The van der Waals surface area contributed by atoms with E-state index >= 15 is 0 Å². The number of hydrogen-bond acceptors (Lipinski definition) is 2. The Balaban J connectivity index is 1.42. The predicted molar refractivity (Wildman–Crippen MR) is 97.8 cm³/mol. The van der Waals surface area contributed by atoms with Crippen molar-refractivity contribution in [2.45, 2.75) is 39.0 Å². The molecule has 124 valence electrons. The van der Waals surface area contributed by atoms with Crippen LogP contribution in [-0.2, 0) is 11.2 Å². The van der Waals surface area contributed by atoms with E-state index in [0.717, 1.165) is 28.5 Å². The third-order valence-electron chi connectivity index (χ3n) is 5.86. The number of hydrazone groups is 1. The molecule has 2 aromatic rings. The van der Waals surface area contributed by atoms with Crippen molar-refractivity contribution in [3.05, 3.63) is 48.0 Å². The fourth-order valence-corrected chi connectivity index (χ4v) is 4.65. The summed E-state index contributed by atoms with van der Waals surface area (Å²) in [6.45, 7) is 2.07. The molecule has 2 aliphatic rings. The highest BCUT2D eigenvalue weighted by Crippen LogP contribution is 2.48. The summed E-state index contributed by atoms with van der Waals surface area (Å²) in [7, 11) is 0. The number of amides is 1. The van der Waals surface area contributed by atoms with Gasteiger partial charge in [-0.15, -0.1) is 0 Å². The zero-order chi connectivity index (χ0) is 16.5. The normalized spacial score (nSPS) is 26.0. The predicted octanol–water partition coefficient (Wildman–Crippen LogP) is 4.31. The molecule has 2 bridgehead atoms. The van der Waals surface area contributed by atoms with E-state index in [9.17, 15) is 4.79 Å². The van der Waals surface area contributed by atoms with E-state index in [-0.39, 0.29) is 5.91 Å². The second-order valence-corrected chi connectivity index (χ2v) is 7.38. The Morgan fingerprint density at radius 2 is 1.96 bits per heavy atom. The van der Waals surface area contributed by atoms with Gasteiger partial charge in [-0.3, -0.25) is 4.79 Å².